The van der Waals surface area contributed by atoms with Crippen molar-refractivity contribution in [2.75, 3.05) is 21.1 Å². The zero-order valence-electron chi connectivity index (χ0n) is 11.0. The molecule has 9 heteroatoms. The Bertz CT molecular complexity index is 452. The lowest BCUT2D eigenvalue weighted by Gasteiger charge is -2.26. The Morgan fingerprint density at radius 2 is 1.37 bits per heavy atom. The Labute approximate surface area is 111 Å². The van der Waals surface area contributed by atoms with Crippen molar-refractivity contribution in [3.05, 3.63) is 0 Å². The molecular weight excluding hydrogens is 276 g/mol. The van der Waals surface area contributed by atoms with Crippen molar-refractivity contribution in [3.63, 3.8) is 0 Å². The topological polar surface area (TPSA) is 115 Å². The predicted octanol–water partition coefficient (Wildman–Crippen LogP) is -0.711. The first-order chi connectivity index (χ1) is 8.59. The van der Waals surface area contributed by atoms with Crippen LogP contribution >= 0.6 is 0 Å². The highest BCUT2D eigenvalue weighted by atomic mass is 32.2. The summed E-state index contributed by atoms with van der Waals surface area (Å²) < 4.78 is 25.9. The van der Waals surface area contributed by atoms with Gasteiger partial charge in [0.05, 0.1) is 11.8 Å². The largest absolute Gasteiger partial charge is 0.481 e. The second kappa shape index (κ2) is 5.43. The highest BCUT2D eigenvalue weighted by molar-refractivity contribution is 7.86. The molecule has 0 spiro atoms. The van der Waals surface area contributed by atoms with Gasteiger partial charge in [-0.15, -0.1) is 0 Å². The van der Waals surface area contributed by atoms with Gasteiger partial charge in [-0.1, -0.05) is 0 Å². The zero-order chi connectivity index (χ0) is 15.0. The summed E-state index contributed by atoms with van der Waals surface area (Å²) in [5.74, 6) is -4.51. The first-order valence-corrected chi connectivity index (χ1v) is 7.09. The quantitative estimate of drug-likeness (QED) is 0.692. The van der Waals surface area contributed by atoms with Crippen LogP contribution in [0.15, 0.2) is 0 Å². The fourth-order valence-electron chi connectivity index (χ4n) is 2.30. The van der Waals surface area contributed by atoms with Crippen LogP contribution in [0.4, 0.5) is 0 Å². The molecule has 2 N–H and O–H groups in total. The van der Waals surface area contributed by atoms with Gasteiger partial charge in [-0.2, -0.15) is 17.0 Å². The number of hydrogen-bond acceptors (Lipinski definition) is 4. The summed E-state index contributed by atoms with van der Waals surface area (Å²) in [7, 11) is 0.389. The Hall–Kier alpha value is -1.19. The molecule has 0 saturated heterocycles. The zero-order valence-corrected chi connectivity index (χ0v) is 11.8. The summed E-state index contributed by atoms with van der Waals surface area (Å²) in [6.07, 6.45) is 0.0196. The fraction of sp³-hybridized carbons (Fsp3) is 0.800. The molecule has 1 aliphatic carbocycles. The van der Waals surface area contributed by atoms with Crippen LogP contribution in [0, 0.1) is 11.8 Å². The lowest BCUT2D eigenvalue weighted by Crippen LogP contribution is -2.42. The predicted molar refractivity (Wildman–Crippen MR) is 65.6 cm³/mol. The summed E-state index contributed by atoms with van der Waals surface area (Å²) in [6.45, 7) is 0. The van der Waals surface area contributed by atoms with Crippen LogP contribution in [-0.4, -0.2) is 66.4 Å². The van der Waals surface area contributed by atoms with E-state index >= 15 is 0 Å². The van der Waals surface area contributed by atoms with Gasteiger partial charge in [0.15, 0.2) is 0 Å². The van der Waals surface area contributed by atoms with Crippen molar-refractivity contribution < 1.29 is 28.2 Å². The van der Waals surface area contributed by atoms with E-state index in [0.29, 0.717) is 0 Å². The molecule has 0 bridgehead atoms. The number of rotatable bonds is 5. The molecule has 19 heavy (non-hydrogen) atoms. The monoisotopic (exact) mass is 294 g/mol. The normalized spacial score (nSPS) is 27.9. The fourth-order valence-corrected chi connectivity index (χ4v) is 3.36. The molecule has 2 unspecified atom stereocenters. The van der Waals surface area contributed by atoms with Gasteiger partial charge in [0, 0.05) is 27.2 Å². The molecule has 110 valence electrons. The molecule has 0 aromatic heterocycles. The lowest BCUT2D eigenvalue weighted by molar-refractivity contribution is -0.152. The number of carboxylic acids is 2. The van der Waals surface area contributed by atoms with Crippen molar-refractivity contribution in [3.8, 4) is 0 Å². The number of aliphatic carboxylic acids is 2. The third-order valence-corrected chi connectivity index (χ3v) is 5.46. The van der Waals surface area contributed by atoms with Gasteiger partial charge in [-0.25, -0.2) is 0 Å². The Morgan fingerprint density at radius 1 is 1.00 bits per heavy atom. The number of carboxylic acid groups (broad SMARTS) is 2. The van der Waals surface area contributed by atoms with E-state index in [0.717, 1.165) is 8.61 Å². The van der Waals surface area contributed by atoms with Gasteiger partial charge in [0.1, 0.15) is 0 Å². The van der Waals surface area contributed by atoms with E-state index < -0.39 is 40.0 Å². The molecule has 0 aromatic carbocycles. The molecule has 0 radical (unpaired) electrons. The molecule has 1 rings (SSSR count). The van der Waals surface area contributed by atoms with Gasteiger partial charge < -0.3 is 10.2 Å². The highest BCUT2D eigenvalue weighted by Gasteiger charge is 2.46. The Morgan fingerprint density at radius 3 is 1.63 bits per heavy atom. The second-order valence-electron chi connectivity index (χ2n) is 4.82. The van der Waals surface area contributed by atoms with Gasteiger partial charge in [-0.3, -0.25) is 9.59 Å². The van der Waals surface area contributed by atoms with Crippen molar-refractivity contribution in [2.45, 2.75) is 18.9 Å². The first-order valence-electron chi connectivity index (χ1n) is 5.70. The molecule has 0 aromatic rings. The maximum absolute atomic E-state index is 11.9. The smallest absolute Gasteiger partial charge is 0.307 e. The maximum atomic E-state index is 11.9. The maximum Gasteiger partial charge on any atom is 0.307 e. The van der Waals surface area contributed by atoms with Crippen molar-refractivity contribution >= 4 is 22.1 Å². The van der Waals surface area contributed by atoms with Crippen LogP contribution in [0.2, 0.25) is 0 Å². The summed E-state index contributed by atoms with van der Waals surface area (Å²) in [5.41, 5.74) is 0. The average molecular weight is 294 g/mol. The van der Waals surface area contributed by atoms with Crippen LogP contribution in [-0.2, 0) is 19.8 Å². The van der Waals surface area contributed by atoms with E-state index in [1.807, 2.05) is 0 Å². The third-order valence-electron chi connectivity index (χ3n) is 3.51. The minimum Gasteiger partial charge on any atom is -0.481 e. The van der Waals surface area contributed by atoms with Gasteiger partial charge in [-0.05, 0) is 12.8 Å². The molecule has 0 heterocycles. The molecule has 0 aliphatic heterocycles. The number of nitrogens with zero attached hydrogens (tertiary/aromatic N) is 2. The highest BCUT2D eigenvalue weighted by Crippen LogP contribution is 2.36. The molecule has 8 nitrogen and oxygen atoms in total. The van der Waals surface area contributed by atoms with Crippen LogP contribution in [0.25, 0.3) is 0 Å². The van der Waals surface area contributed by atoms with Crippen LogP contribution in [0.3, 0.4) is 0 Å². The van der Waals surface area contributed by atoms with Crippen molar-refractivity contribution in [2.24, 2.45) is 11.8 Å². The average Bonchev–Trinajstić information content (AvgIpc) is 2.72. The van der Waals surface area contributed by atoms with Crippen molar-refractivity contribution in [1.82, 2.24) is 8.61 Å². The lowest BCUT2D eigenvalue weighted by atomic mass is 9.97. The SMILES string of the molecule is CN(C)S(=O)(=O)N(C)C1CC(C(=O)O)C(C(=O)O)C1. The summed E-state index contributed by atoms with van der Waals surface area (Å²) in [4.78, 5) is 22.1. The van der Waals surface area contributed by atoms with E-state index in [1.54, 1.807) is 0 Å². The van der Waals surface area contributed by atoms with Crippen LogP contribution in [0.5, 0.6) is 0 Å². The molecule has 1 fully saturated rings. The van der Waals surface area contributed by atoms with E-state index in [9.17, 15) is 18.0 Å². The summed E-state index contributed by atoms with van der Waals surface area (Å²) in [5, 5.41) is 18.0. The molecular formula is C10H18N2O6S. The summed E-state index contributed by atoms with van der Waals surface area (Å²) in [6, 6.07) is -0.616. The standard InChI is InChI=1S/C10H18N2O6S/c1-11(2)19(17,18)12(3)6-4-7(9(13)14)8(5-6)10(15)16/h6-8H,4-5H2,1-3H3,(H,13,14)(H,15,16). The Kier molecular flexibility index (Phi) is 4.54. The second-order valence-corrected chi connectivity index (χ2v) is 7.02. The van der Waals surface area contributed by atoms with E-state index in [4.69, 9.17) is 10.2 Å². The summed E-state index contributed by atoms with van der Waals surface area (Å²) >= 11 is 0. The van der Waals surface area contributed by atoms with Gasteiger partial charge in [0.25, 0.3) is 10.2 Å². The van der Waals surface area contributed by atoms with Crippen LogP contribution < -0.4 is 0 Å². The van der Waals surface area contributed by atoms with Gasteiger partial charge >= 0.3 is 11.9 Å². The van der Waals surface area contributed by atoms with E-state index in [2.05, 4.69) is 0 Å². The number of hydrogen-bond donors (Lipinski definition) is 2. The van der Waals surface area contributed by atoms with E-state index in [1.165, 1.54) is 21.1 Å². The molecule has 1 aliphatic rings. The minimum absolute atomic E-state index is 0.00979. The van der Waals surface area contributed by atoms with Crippen LogP contribution in [0.1, 0.15) is 12.8 Å². The minimum atomic E-state index is -3.68. The Balaban J connectivity index is 2.95. The van der Waals surface area contributed by atoms with Crippen molar-refractivity contribution in [1.29, 1.82) is 0 Å². The van der Waals surface area contributed by atoms with E-state index in [-0.39, 0.29) is 12.8 Å². The van der Waals surface area contributed by atoms with Gasteiger partial charge in [0.2, 0.25) is 0 Å². The molecule has 2 atom stereocenters. The molecule has 1 saturated carbocycles. The number of carbonyl (C=O) groups is 2. The molecule has 0 amide bonds. The first kappa shape index (κ1) is 15.9. The third kappa shape index (κ3) is 3.04.